The molecule has 1 aromatic carbocycles. The van der Waals surface area contributed by atoms with Crippen LogP contribution >= 0.6 is 15.9 Å². The zero-order chi connectivity index (χ0) is 13.2. The number of hydrogen-bond donors (Lipinski definition) is 2. The van der Waals surface area contributed by atoms with Crippen LogP contribution in [0.3, 0.4) is 0 Å². The number of nitro groups is 1. The quantitative estimate of drug-likeness (QED) is 0.506. The maximum atomic E-state index is 10.8. The van der Waals surface area contributed by atoms with Gasteiger partial charge < -0.3 is 10.2 Å². The van der Waals surface area contributed by atoms with Gasteiger partial charge in [0.2, 0.25) is 0 Å². The zero-order valence-corrected chi connectivity index (χ0v) is 11.1. The number of nitro benzene ring substituents is 1. The van der Waals surface area contributed by atoms with Crippen LogP contribution < -0.4 is 0 Å². The molecule has 0 radical (unpaired) electrons. The highest BCUT2D eigenvalue weighted by Gasteiger charge is 2.22. The Hall–Kier alpha value is -0.980. The van der Waals surface area contributed by atoms with E-state index in [0.717, 1.165) is 5.56 Å². The van der Waals surface area contributed by atoms with Gasteiger partial charge in [0, 0.05) is 17.0 Å². The van der Waals surface area contributed by atoms with Crippen molar-refractivity contribution in [2.45, 2.75) is 26.1 Å². The summed E-state index contributed by atoms with van der Waals surface area (Å²) in [5.41, 5.74) is 1.60. The lowest BCUT2D eigenvalue weighted by atomic mass is 9.97. The van der Waals surface area contributed by atoms with Gasteiger partial charge in [-0.15, -0.1) is 0 Å². The Kier molecular flexibility index (Phi) is 4.62. The molecule has 94 valence electrons. The summed E-state index contributed by atoms with van der Waals surface area (Å²) < 4.78 is 0. The predicted octanol–water partition coefficient (Wildman–Crippen LogP) is 2.00. The van der Waals surface area contributed by atoms with Crippen LogP contribution in [0.4, 0.5) is 5.69 Å². The van der Waals surface area contributed by atoms with Crippen LogP contribution in [-0.4, -0.2) is 26.6 Å². The third kappa shape index (κ3) is 3.02. The first-order valence-electron chi connectivity index (χ1n) is 5.06. The number of rotatable bonds is 4. The molecule has 0 amide bonds. The van der Waals surface area contributed by atoms with Crippen molar-refractivity contribution >= 4 is 21.6 Å². The Morgan fingerprint density at radius 2 is 1.94 bits per heavy atom. The van der Waals surface area contributed by atoms with Gasteiger partial charge in [-0.25, -0.2) is 0 Å². The molecule has 2 N–H and O–H groups in total. The average molecular weight is 304 g/mol. The average Bonchev–Trinajstić information content (AvgIpc) is 2.26. The summed E-state index contributed by atoms with van der Waals surface area (Å²) in [6.07, 6.45) is -2.12. The van der Waals surface area contributed by atoms with E-state index in [9.17, 15) is 20.3 Å². The van der Waals surface area contributed by atoms with E-state index in [1.807, 2.05) is 0 Å². The van der Waals surface area contributed by atoms with Crippen LogP contribution in [-0.2, 0) is 0 Å². The summed E-state index contributed by atoms with van der Waals surface area (Å²) in [7, 11) is 0. The third-order valence-corrected chi connectivity index (χ3v) is 3.29. The van der Waals surface area contributed by atoms with Gasteiger partial charge in [0.15, 0.2) is 0 Å². The molecule has 0 aliphatic carbocycles. The molecule has 0 spiro atoms. The second kappa shape index (κ2) is 5.57. The van der Waals surface area contributed by atoms with E-state index in [1.54, 1.807) is 19.9 Å². The van der Waals surface area contributed by atoms with Gasteiger partial charge in [-0.3, -0.25) is 10.1 Å². The number of aliphatic hydroxyl groups excluding tert-OH is 2. The maximum Gasteiger partial charge on any atom is 0.272 e. The third-order valence-electron chi connectivity index (χ3n) is 2.62. The Morgan fingerprint density at radius 3 is 2.41 bits per heavy atom. The summed E-state index contributed by atoms with van der Waals surface area (Å²) in [5.74, 6) is 0. The minimum Gasteiger partial charge on any atom is -0.389 e. The van der Waals surface area contributed by atoms with Crippen LogP contribution in [0.25, 0.3) is 0 Å². The number of aliphatic hydroxyl groups is 2. The maximum absolute atomic E-state index is 10.8. The number of aryl methyl sites for hydroxylation is 2. The Morgan fingerprint density at radius 1 is 1.35 bits per heavy atom. The van der Waals surface area contributed by atoms with Crippen LogP contribution in [0.1, 0.15) is 22.8 Å². The van der Waals surface area contributed by atoms with Crippen molar-refractivity contribution in [2.24, 2.45) is 0 Å². The van der Waals surface area contributed by atoms with Gasteiger partial charge in [0.1, 0.15) is 6.10 Å². The first-order chi connectivity index (χ1) is 7.88. The summed E-state index contributed by atoms with van der Waals surface area (Å²) in [6.45, 7) is 3.39. The molecular formula is C11H14BrNO4. The van der Waals surface area contributed by atoms with Gasteiger partial charge in [0.25, 0.3) is 5.69 Å². The number of benzene rings is 1. The molecule has 0 saturated heterocycles. The van der Waals surface area contributed by atoms with E-state index >= 15 is 0 Å². The monoisotopic (exact) mass is 303 g/mol. The van der Waals surface area contributed by atoms with Crippen LogP contribution in [0.15, 0.2) is 12.1 Å². The number of nitrogens with zero attached hydrogens (tertiary/aromatic N) is 1. The number of hydrogen-bond acceptors (Lipinski definition) is 4. The molecule has 6 heteroatoms. The summed E-state index contributed by atoms with van der Waals surface area (Å²) in [5, 5.41) is 30.4. The van der Waals surface area contributed by atoms with Gasteiger partial charge in [-0.1, -0.05) is 15.9 Å². The number of halogens is 1. The van der Waals surface area contributed by atoms with Crippen molar-refractivity contribution in [3.05, 3.63) is 38.9 Å². The molecule has 0 bridgehead atoms. The SMILES string of the molecule is Cc1cc(C)c([N+](=O)[O-])cc1C(O)C(O)CBr. The molecule has 2 unspecified atom stereocenters. The van der Waals surface area contributed by atoms with Gasteiger partial charge in [-0.05, 0) is 31.0 Å². The molecule has 17 heavy (non-hydrogen) atoms. The van der Waals surface area contributed by atoms with Crippen molar-refractivity contribution < 1.29 is 15.1 Å². The topological polar surface area (TPSA) is 83.6 Å². The highest BCUT2D eigenvalue weighted by Crippen LogP contribution is 2.28. The molecule has 0 aliphatic rings. The molecule has 5 nitrogen and oxygen atoms in total. The summed E-state index contributed by atoms with van der Waals surface area (Å²) >= 11 is 3.06. The van der Waals surface area contributed by atoms with Crippen LogP contribution in [0.2, 0.25) is 0 Å². The van der Waals surface area contributed by atoms with E-state index in [0.29, 0.717) is 11.1 Å². The summed E-state index contributed by atoms with van der Waals surface area (Å²) in [6, 6.07) is 2.96. The first-order valence-corrected chi connectivity index (χ1v) is 6.18. The minimum absolute atomic E-state index is 0.0496. The second-order valence-electron chi connectivity index (χ2n) is 3.92. The highest BCUT2D eigenvalue weighted by atomic mass is 79.9. The highest BCUT2D eigenvalue weighted by molar-refractivity contribution is 9.09. The molecule has 1 rings (SSSR count). The molecule has 1 aromatic rings. The lowest BCUT2D eigenvalue weighted by Crippen LogP contribution is -2.20. The van der Waals surface area contributed by atoms with E-state index < -0.39 is 17.1 Å². The molecule has 0 heterocycles. The van der Waals surface area contributed by atoms with Crippen molar-refractivity contribution in [3.63, 3.8) is 0 Å². The van der Waals surface area contributed by atoms with E-state index in [-0.39, 0.29) is 11.0 Å². The summed E-state index contributed by atoms with van der Waals surface area (Å²) in [4.78, 5) is 10.3. The van der Waals surface area contributed by atoms with Gasteiger partial charge >= 0.3 is 0 Å². The lowest BCUT2D eigenvalue weighted by Gasteiger charge is -2.18. The lowest BCUT2D eigenvalue weighted by molar-refractivity contribution is -0.385. The van der Waals surface area contributed by atoms with E-state index in [4.69, 9.17) is 0 Å². The van der Waals surface area contributed by atoms with Gasteiger partial charge in [-0.2, -0.15) is 0 Å². The molecule has 2 atom stereocenters. The second-order valence-corrected chi connectivity index (χ2v) is 4.57. The molecule has 0 fully saturated rings. The fraction of sp³-hybridized carbons (Fsp3) is 0.455. The molecular weight excluding hydrogens is 290 g/mol. The van der Waals surface area contributed by atoms with E-state index in [2.05, 4.69) is 15.9 Å². The van der Waals surface area contributed by atoms with Crippen molar-refractivity contribution in [3.8, 4) is 0 Å². The van der Waals surface area contributed by atoms with E-state index in [1.165, 1.54) is 6.07 Å². The Bertz CT molecular complexity index is 436. The number of alkyl halides is 1. The molecule has 0 aliphatic heterocycles. The van der Waals surface area contributed by atoms with Crippen molar-refractivity contribution in [2.75, 3.05) is 5.33 Å². The fourth-order valence-corrected chi connectivity index (χ4v) is 2.02. The molecule has 0 aromatic heterocycles. The zero-order valence-electron chi connectivity index (χ0n) is 9.55. The standard InChI is InChI=1S/C11H14BrNO4/c1-6-3-7(2)9(13(16)17)4-8(6)11(15)10(14)5-12/h3-4,10-11,14-15H,5H2,1-2H3. The van der Waals surface area contributed by atoms with Gasteiger partial charge in [0.05, 0.1) is 11.0 Å². The van der Waals surface area contributed by atoms with Crippen LogP contribution in [0, 0.1) is 24.0 Å². The fourth-order valence-electron chi connectivity index (χ4n) is 1.66. The Labute approximate surface area is 107 Å². The Balaban J connectivity index is 3.24. The normalized spacial score (nSPS) is 14.4. The smallest absolute Gasteiger partial charge is 0.272 e. The largest absolute Gasteiger partial charge is 0.389 e. The van der Waals surface area contributed by atoms with Crippen molar-refractivity contribution in [1.29, 1.82) is 0 Å². The van der Waals surface area contributed by atoms with Crippen molar-refractivity contribution in [1.82, 2.24) is 0 Å². The molecule has 0 saturated carbocycles. The first kappa shape index (κ1) is 14.1. The minimum atomic E-state index is -1.13. The predicted molar refractivity (Wildman–Crippen MR) is 67.3 cm³/mol. The van der Waals surface area contributed by atoms with Crippen LogP contribution in [0.5, 0.6) is 0 Å².